The number of nitrogens with zero attached hydrogens (tertiary/aromatic N) is 2. The minimum atomic E-state index is 0.0196. The van der Waals surface area contributed by atoms with Gasteiger partial charge in [-0.05, 0) is 19.3 Å². The molecular formula is C8H12N2O2. The van der Waals surface area contributed by atoms with E-state index in [1.807, 2.05) is 6.92 Å². The Morgan fingerprint density at radius 3 is 2.83 bits per heavy atom. The second-order valence-electron chi connectivity index (χ2n) is 3.24. The Kier molecular flexibility index (Phi) is 1.84. The fourth-order valence-electron chi connectivity index (χ4n) is 1.44. The first-order chi connectivity index (χ1) is 5.77. The number of hydrogen-bond donors (Lipinski definition) is 0. The molecule has 0 amide bonds. The summed E-state index contributed by atoms with van der Waals surface area (Å²) in [6.45, 7) is 4.75. The number of aromatic nitrogens is 2. The molecular weight excluding hydrogens is 156 g/mol. The van der Waals surface area contributed by atoms with Crippen LogP contribution in [-0.4, -0.2) is 16.7 Å². The molecule has 12 heavy (non-hydrogen) atoms. The van der Waals surface area contributed by atoms with Gasteiger partial charge in [0, 0.05) is 6.61 Å². The summed E-state index contributed by atoms with van der Waals surface area (Å²) in [6, 6.07) is 0. The Morgan fingerprint density at radius 1 is 1.50 bits per heavy atom. The molecule has 1 aliphatic heterocycles. The van der Waals surface area contributed by atoms with E-state index in [0.29, 0.717) is 17.6 Å². The number of hydrogen-bond acceptors (Lipinski definition) is 4. The minimum Gasteiger partial charge on any atom is -0.368 e. The Morgan fingerprint density at radius 2 is 2.33 bits per heavy atom. The van der Waals surface area contributed by atoms with Gasteiger partial charge in [-0.2, -0.15) is 4.98 Å². The molecule has 1 aliphatic rings. The third kappa shape index (κ3) is 1.22. The van der Waals surface area contributed by atoms with Crippen molar-refractivity contribution < 1.29 is 9.26 Å². The van der Waals surface area contributed by atoms with Gasteiger partial charge in [0.1, 0.15) is 6.10 Å². The maximum atomic E-state index is 5.47. The standard InChI is InChI=1S/C8H12N2O2/c1-5-3-4-11-7(5)8-9-6(2)10-12-8/h5,7H,3-4H2,1-2H3/t5-,7+/m1/s1. The smallest absolute Gasteiger partial charge is 0.256 e. The quantitative estimate of drug-likeness (QED) is 0.637. The molecule has 1 aromatic rings. The summed E-state index contributed by atoms with van der Waals surface area (Å²) in [5.41, 5.74) is 0. The normalized spacial score (nSPS) is 29.5. The molecule has 2 heterocycles. The molecule has 0 aromatic carbocycles. The first-order valence-electron chi connectivity index (χ1n) is 4.19. The van der Waals surface area contributed by atoms with E-state index in [0.717, 1.165) is 13.0 Å². The molecule has 4 nitrogen and oxygen atoms in total. The summed E-state index contributed by atoms with van der Waals surface area (Å²) in [5, 5.41) is 3.73. The Hall–Kier alpha value is -0.900. The summed E-state index contributed by atoms with van der Waals surface area (Å²) in [4.78, 5) is 4.14. The average Bonchev–Trinajstić information content (AvgIpc) is 2.58. The molecule has 2 atom stereocenters. The van der Waals surface area contributed by atoms with Crippen molar-refractivity contribution in [3.05, 3.63) is 11.7 Å². The van der Waals surface area contributed by atoms with Gasteiger partial charge in [0.15, 0.2) is 5.82 Å². The second kappa shape index (κ2) is 2.86. The average molecular weight is 168 g/mol. The molecule has 0 radical (unpaired) electrons. The van der Waals surface area contributed by atoms with Crippen molar-refractivity contribution >= 4 is 0 Å². The third-order valence-electron chi connectivity index (χ3n) is 2.17. The van der Waals surface area contributed by atoms with Crippen LogP contribution in [0.5, 0.6) is 0 Å². The maximum absolute atomic E-state index is 5.47. The zero-order valence-corrected chi connectivity index (χ0v) is 7.28. The van der Waals surface area contributed by atoms with E-state index in [4.69, 9.17) is 9.26 Å². The topological polar surface area (TPSA) is 48.2 Å². The van der Waals surface area contributed by atoms with E-state index in [9.17, 15) is 0 Å². The molecule has 4 heteroatoms. The Balaban J connectivity index is 2.19. The van der Waals surface area contributed by atoms with Crippen LogP contribution in [0.15, 0.2) is 4.52 Å². The van der Waals surface area contributed by atoms with Gasteiger partial charge in [0.05, 0.1) is 0 Å². The van der Waals surface area contributed by atoms with Gasteiger partial charge in [0.2, 0.25) is 0 Å². The Labute approximate surface area is 70.9 Å². The fraction of sp³-hybridized carbons (Fsp3) is 0.750. The first kappa shape index (κ1) is 7.73. The molecule has 1 saturated heterocycles. The lowest BCUT2D eigenvalue weighted by Crippen LogP contribution is -2.03. The van der Waals surface area contributed by atoms with Gasteiger partial charge in [-0.25, -0.2) is 0 Å². The van der Waals surface area contributed by atoms with Crippen LogP contribution in [-0.2, 0) is 4.74 Å². The molecule has 1 fully saturated rings. The Bertz CT molecular complexity index is 272. The van der Waals surface area contributed by atoms with Crippen molar-refractivity contribution in [1.82, 2.24) is 10.1 Å². The molecule has 66 valence electrons. The summed E-state index contributed by atoms with van der Waals surface area (Å²) >= 11 is 0. The zero-order valence-electron chi connectivity index (χ0n) is 7.28. The second-order valence-corrected chi connectivity index (χ2v) is 3.24. The summed E-state index contributed by atoms with van der Waals surface area (Å²) in [5.74, 6) is 1.79. The highest BCUT2D eigenvalue weighted by molar-refractivity contribution is 4.92. The minimum absolute atomic E-state index is 0.0196. The molecule has 1 aromatic heterocycles. The molecule has 0 bridgehead atoms. The highest BCUT2D eigenvalue weighted by Crippen LogP contribution is 2.32. The number of aryl methyl sites for hydroxylation is 1. The number of ether oxygens (including phenoxy) is 1. The van der Waals surface area contributed by atoms with Crippen LogP contribution in [0.4, 0.5) is 0 Å². The van der Waals surface area contributed by atoms with Crippen LogP contribution in [0.2, 0.25) is 0 Å². The van der Waals surface area contributed by atoms with Crippen molar-refractivity contribution in [2.75, 3.05) is 6.61 Å². The first-order valence-corrected chi connectivity index (χ1v) is 4.19. The van der Waals surface area contributed by atoms with Crippen molar-refractivity contribution in [3.63, 3.8) is 0 Å². The molecule has 0 unspecified atom stereocenters. The van der Waals surface area contributed by atoms with E-state index >= 15 is 0 Å². The number of rotatable bonds is 1. The predicted molar refractivity (Wildman–Crippen MR) is 41.5 cm³/mol. The summed E-state index contributed by atoms with van der Waals surface area (Å²) in [7, 11) is 0. The zero-order chi connectivity index (χ0) is 8.55. The summed E-state index contributed by atoms with van der Waals surface area (Å²) in [6.07, 6.45) is 1.10. The largest absolute Gasteiger partial charge is 0.368 e. The molecule has 0 N–H and O–H groups in total. The fourth-order valence-corrected chi connectivity index (χ4v) is 1.44. The van der Waals surface area contributed by atoms with Gasteiger partial charge in [-0.3, -0.25) is 0 Å². The molecule has 0 saturated carbocycles. The van der Waals surface area contributed by atoms with Gasteiger partial charge in [-0.1, -0.05) is 12.1 Å². The van der Waals surface area contributed by atoms with Gasteiger partial charge < -0.3 is 9.26 Å². The van der Waals surface area contributed by atoms with E-state index < -0.39 is 0 Å². The lowest BCUT2D eigenvalue weighted by atomic mass is 10.0. The van der Waals surface area contributed by atoms with Crippen molar-refractivity contribution in [1.29, 1.82) is 0 Å². The van der Waals surface area contributed by atoms with Crippen LogP contribution < -0.4 is 0 Å². The van der Waals surface area contributed by atoms with Gasteiger partial charge in [0.25, 0.3) is 5.89 Å². The van der Waals surface area contributed by atoms with Crippen LogP contribution >= 0.6 is 0 Å². The molecule has 2 rings (SSSR count). The van der Waals surface area contributed by atoms with Gasteiger partial charge in [-0.15, -0.1) is 0 Å². The van der Waals surface area contributed by atoms with Crippen LogP contribution in [0, 0.1) is 12.8 Å². The maximum Gasteiger partial charge on any atom is 0.256 e. The van der Waals surface area contributed by atoms with Crippen molar-refractivity contribution in [3.8, 4) is 0 Å². The highest BCUT2D eigenvalue weighted by atomic mass is 16.5. The lowest BCUT2D eigenvalue weighted by molar-refractivity contribution is 0.0661. The van der Waals surface area contributed by atoms with E-state index in [1.54, 1.807) is 0 Å². The van der Waals surface area contributed by atoms with Crippen LogP contribution in [0.25, 0.3) is 0 Å². The van der Waals surface area contributed by atoms with Crippen LogP contribution in [0.3, 0.4) is 0 Å². The predicted octanol–water partition coefficient (Wildman–Crippen LogP) is 1.48. The van der Waals surface area contributed by atoms with E-state index in [1.165, 1.54) is 0 Å². The van der Waals surface area contributed by atoms with Crippen LogP contribution in [0.1, 0.15) is 31.2 Å². The van der Waals surface area contributed by atoms with Crippen molar-refractivity contribution in [2.45, 2.75) is 26.4 Å². The van der Waals surface area contributed by atoms with Gasteiger partial charge >= 0.3 is 0 Å². The summed E-state index contributed by atoms with van der Waals surface area (Å²) < 4.78 is 10.5. The molecule has 0 spiro atoms. The SMILES string of the molecule is Cc1noc([C@H]2OCC[C@H]2C)n1. The van der Waals surface area contributed by atoms with E-state index in [-0.39, 0.29) is 6.10 Å². The van der Waals surface area contributed by atoms with Crippen molar-refractivity contribution in [2.24, 2.45) is 5.92 Å². The highest BCUT2D eigenvalue weighted by Gasteiger charge is 2.30. The third-order valence-corrected chi connectivity index (χ3v) is 2.17. The van der Waals surface area contributed by atoms with E-state index in [2.05, 4.69) is 17.1 Å². The monoisotopic (exact) mass is 168 g/mol. The lowest BCUT2D eigenvalue weighted by Gasteiger charge is -2.07. The molecule has 0 aliphatic carbocycles.